The molecule has 1 aromatic carbocycles. The number of nitrogens with one attached hydrogen (secondary N) is 1. The van der Waals surface area contributed by atoms with Crippen molar-refractivity contribution in [1.29, 1.82) is 0 Å². The van der Waals surface area contributed by atoms with E-state index in [0.717, 1.165) is 12.0 Å². The van der Waals surface area contributed by atoms with Crippen LogP contribution in [0.2, 0.25) is 0 Å². The largest absolute Gasteiger partial charge is 0.382 e. The van der Waals surface area contributed by atoms with E-state index >= 15 is 0 Å². The zero-order valence-corrected chi connectivity index (χ0v) is 13.2. The number of nitrogens with zero attached hydrogens (tertiary/aromatic N) is 1. The minimum absolute atomic E-state index is 0.617. The molecular formula is C18H28N2. The van der Waals surface area contributed by atoms with Crippen molar-refractivity contribution in [3.05, 3.63) is 23.8 Å². The van der Waals surface area contributed by atoms with Gasteiger partial charge in [-0.3, -0.25) is 0 Å². The van der Waals surface area contributed by atoms with E-state index in [9.17, 15) is 0 Å². The van der Waals surface area contributed by atoms with Gasteiger partial charge in [-0.05, 0) is 75.1 Å². The lowest BCUT2D eigenvalue weighted by Gasteiger charge is -2.36. The first-order valence-corrected chi connectivity index (χ1v) is 8.26. The fourth-order valence-corrected chi connectivity index (χ4v) is 3.70. The van der Waals surface area contributed by atoms with E-state index in [1.165, 1.54) is 55.5 Å². The molecule has 1 saturated carbocycles. The topological polar surface area (TPSA) is 15.3 Å². The van der Waals surface area contributed by atoms with Crippen molar-refractivity contribution in [2.24, 2.45) is 5.92 Å². The molecule has 2 heteroatoms. The molecular weight excluding hydrogens is 244 g/mol. The predicted molar refractivity (Wildman–Crippen MR) is 87.7 cm³/mol. The molecule has 1 unspecified atom stereocenters. The lowest BCUT2D eigenvalue weighted by atomic mass is 9.86. The fraction of sp³-hybridized carbons (Fsp3) is 0.667. The van der Waals surface area contributed by atoms with Crippen LogP contribution in [-0.4, -0.2) is 19.1 Å². The second-order valence-electron chi connectivity index (χ2n) is 6.95. The second kappa shape index (κ2) is 5.67. The molecule has 1 N–H and O–H groups in total. The molecule has 2 nitrogen and oxygen atoms in total. The highest BCUT2D eigenvalue weighted by Gasteiger charge is 2.23. The minimum Gasteiger partial charge on any atom is -0.382 e. The molecule has 20 heavy (non-hydrogen) atoms. The highest BCUT2D eigenvalue weighted by molar-refractivity contribution is 5.62. The van der Waals surface area contributed by atoms with Gasteiger partial charge >= 0.3 is 0 Å². The first-order valence-electron chi connectivity index (χ1n) is 8.26. The average molecular weight is 272 g/mol. The molecule has 0 bridgehead atoms. The van der Waals surface area contributed by atoms with Crippen molar-refractivity contribution in [3.63, 3.8) is 0 Å². The summed E-state index contributed by atoms with van der Waals surface area (Å²) in [6.45, 7) is 4.66. The van der Waals surface area contributed by atoms with Crippen LogP contribution in [0.5, 0.6) is 0 Å². The molecule has 0 amide bonds. The number of rotatable bonds is 2. The van der Waals surface area contributed by atoms with Gasteiger partial charge in [-0.2, -0.15) is 0 Å². The van der Waals surface area contributed by atoms with Gasteiger partial charge in [-0.15, -0.1) is 0 Å². The van der Waals surface area contributed by atoms with Crippen LogP contribution < -0.4 is 10.2 Å². The van der Waals surface area contributed by atoms with Gasteiger partial charge < -0.3 is 10.2 Å². The Morgan fingerprint density at radius 1 is 1.05 bits per heavy atom. The monoisotopic (exact) mass is 272 g/mol. The maximum atomic E-state index is 3.59. The Morgan fingerprint density at radius 2 is 1.80 bits per heavy atom. The molecule has 1 atom stereocenters. The molecule has 110 valence electrons. The van der Waals surface area contributed by atoms with E-state index in [0.29, 0.717) is 6.04 Å². The number of hydrogen-bond acceptors (Lipinski definition) is 2. The van der Waals surface area contributed by atoms with E-state index in [4.69, 9.17) is 0 Å². The van der Waals surface area contributed by atoms with Gasteiger partial charge in [-0.1, -0.05) is 6.92 Å². The third-order valence-electron chi connectivity index (χ3n) is 5.28. The van der Waals surface area contributed by atoms with Crippen LogP contribution in [0.1, 0.15) is 51.5 Å². The Hall–Kier alpha value is -1.18. The molecule has 0 aromatic heterocycles. The zero-order chi connectivity index (χ0) is 14.1. The van der Waals surface area contributed by atoms with Crippen LogP contribution in [0.15, 0.2) is 18.2 Å². The van der Waals surface area contributed by atoms with Crippen LogP contribution in [0.3, 0.4) is 0 Å². The molecule has 2 aliphatic rings. The van der Waals surface area contributed by atoms with Gasteiger partial charge in [-0.25, -0.2) is 0 Å². The van der Waals surface area contributed by atoms with Crippen LogP contribution in [0.4, 0.5) is 11.4 Å². The fourth-order valence-electron chi connectivity index (χ4n) is 3.70. The quantitative estimate of drug-likeness (QED) is 0.855. The summed E-state index contributed by atoms with van der Waals surface area (Å²) in [6.07, 6.45) is 7.94. The normalized spacial score (nSPS) is 29.4. The molecule has 1 heterocycles. The molecule has 0 radical (unpaired) electrons. The van der Waals surface area contributed by atoms with Crippen LogP contribution in [0, 0.1) is 5.92 Å². The number of fused-ring (bicyclic) bond motifs is 1. The van der Waals surface area contributed by atoms with Crippen molar-refractivity contribution in [3.8, 4) is 0 Å². The Kier molecular flexibility index (Phi) is 3.91. The number of hydrogen-bond donors (Lipinski definition) is 1. The Bertz CT molecular complexity index is 460. The molecule has 0 saturated heterocycles. The molecule has 1 aliphatic carbocycles. The van der Waals surface area contributed by atoms with Crippen LogP contribution >= 0.6 is 0 Å². The van der Waals surface area contributed by atoms with Crippen molar-refractivity contribution in [1.82, 2.24) is 0 Å². The number of anilines is 2. The Balaban J connectivity index is 1.74. The summed E-state index contributed by atoms with van der Waals surface area (Å²) in [6, 6.07) is 8.34. The first-order chi connectivity index (χ1) is 9.63. The molecule has 1 aromatic rings. The SMILES string of the molecule is CC1CCC(N(C)c2ccc3c(c2)CCC(C)N3)CC1. The zero-order valence-electron chi connectivity index (χ0n) is 13.2. The summed E-state index contributed by atoms with van der Waals surface area (Å²) in [4.78, 5) is 2.52. The minimum atomic E-state index is 0.617. The van der Waals surface area contributed by atoms with Crippen molar-refractivity contribution >= 4 is 11.4 Å². The summed E-state index contributed by atoms with van der Waals surface area (Å²) in [5.41, 5.74) is 4.24. The van der Waals surface area contributed by atoms with Crippen LogP contribution in [0.25, 0.3) is 0 Å². The summed E-state index contributed by atoms with van der Waals surface area (Å²) in [5.74, 6) is 0.925. The van der Waals surface area contributed by atoms with Crippen molar-refractivity contribution in [2.45, 2.75) is 64.5 Å². The van der Waals surface area contributed by atoms with E-state index in [1.54, 1.807) is 0 Å². The Morgan fingerprint density at radius 3 is 2.55 bits per heavy atom. The van der Waals surface area contributed by atoms with Crippen LogP contribution in [-0.2, 0) is 6.42 Å². The molecule has 1 fully saturated rings. The van der Waals surface area contributed by atoms with E-state index < -0.39 is 0 Å². The highest BCUT2D eigenvalue weighted by atomic mass is 15.1. The summed E-state index contributed by atoms with van der Waals surface area (Å²) < 4.78 is 0. The van der Waals surface area contributed by atoms with Gasteiger partial charge in [0.05, 0.1) is 0 Å². The highest BCUT2D eigenvalue weighted by Crippen LogP contribution is 2.33. The van der Waals surface area contributed by atoms with Gasteiger partial charge in [0.2, 0.25) is 0 Å². The van der Waals surface area contributed by atoms with Crippen molar-refractivity contribution < 1.29 is 0 Å². The standard InChI is InChI=1S/C18H28N2/c1-13-4-8-16(9-5-13)20(3)17-10-11-18-15(12-17)7-6-14(2)19-18/h10-14,16,19H,4-9H2,1-3H3. The third kappa shape index (κ3) is 2.79. The smallest absolute Gasteiger partial charge is 0.0376 e. The van der Waals surface area contributed by atoms with E-state index in [-0.39, 0.29) is 0 Å². The van der Waals surface area contributed by atoms with Gasteiger partial charge in [0, 0.05) is 30.5 Å². The van der Waals surface area contributed by atoms with Gasteiger partial charge in [0.15, 0.2) is 0 Å². The maximum Gasteiger partial charge on any atom is 0.0376 e. The van der Waals surface area contributed by atoms with Crippen molar-refractivity contribution in [2.75, 3.05) is 17.3 Å². The number of aryl methyl sites for hydroxylation is 1. The number of benzene rings is 1. The third-order valence-corrected chi connectivity index (χ3v) is 5.28. The second-order valence-corrected chi connectivity index (χ2v) is 6.95. The molecule has 3 rings (SSSR count). The van der Waals surface area contributed by atoms with Gasteiger partial charge in [0.25, 0.3) is 0 Å². The molecule has 1 aliphatic heterocycles. The summed E-state index contributed by atoms with van der Waals surface area (Å²) >= 11 is 0. The Labute approximate surface area is 123 Å². The van der Waals surface area contributed by atoms with Gasteiger partial charge in [0.1, 0.15) is 0 Å². The lowest BCUT2D eigenvalue weighted by Crippen LogP contribution is -2.35. The maximum absolute atomic E-state index is 3.59. The molecule has 0 spiro atoms. The average Bonchev–Trinajstić information content (AvgIpc) is 2.47. The van der Waals surface area contributed by atoms with E-state index in [2.05, 4.69) is 49.3 Å². The first kappa shape index (κ1) is 13.8. The predicted octanol–water partition coefficient (Wildman–Crippen LogP) is 4.45. The lowest BCUT2D eigenvalue weighted by molar-refractivity contribution is 0.341. The summed E-state index contributed by atoms with van der Waals surface area (Å²) in [5, 5.41) is 3.59. The summed E-state index contributed by atoms with van der Waals surface area (Å²) in [7, 11) is 2.28. The van der Waals surface area contributed by atoms with E-state index in [1.807, 2.05) is 0 Å².